The molecular weight excluding hydrogens is 306 g/mol. The van der Waals surface area contributed by atoms with Gasteiger partial charge in [-0.3, -0.25) is 9.78 Å². The summed E-state index contributed by atoms with van der Waals surface area (Å²) in [4.78, 5) is 19.6. The van der Waals surface area contributed by atoms with Crippen LogP contribution in [0.1, 0.15) is 18.9 Å². The number of hydrogen-bond acceptors (Lipinski definition) is 4. The largest absolute Gasteiger partial charge is 0.336 e. The van der Waals surface area contributed by atoms with Crippen molar-refractivity contribution >= 4 is 17.7 Å². The van der Waals surface area contributed by atoms with Crippen molar-refractivity contribution in [2.45, 2.75) is 30.0 Å². The average Bonchev–Trinajstić information content (AvgIpc) is 2.59. The number of thioether (sulfide) groups is 1. The molecule has 2 aromatic rings. The Morgan fingerprint density at radius 2 is 2.09 bits per heavy atom. The number of pyridine rings is 1. The van der Waals surface area contributed by atoms with Crippen molar-refractivity contribution < 1.29 is 4.79 Å². The second kappa shape index (κ2) is 8.96. The fraction of sp³-hybridized carbons (Fsp3) is 0.278. The molecule has 0 fully saturated rings. The molecule has 118 valence electrons. The zero-order chi connectivity index (χ0) is 16.5. The number of benzene rings is 1. The van der Waals surface area contributed by atoms with Gasteiger partial charge in [-0.1, -0.05) is 24.3 Å². The predicted octanol–water partition coefficient (Wildman–Crippen LogP) is 3.50. The van der Waals surface area contributed by atoms with E-state index >= 15 is 0 Å². The van der Waals surface area contributed by atoms with Crippen molar-refractivity contribution in [2.75, 3.05) is 6.54 Å². The summed E-state index contributed by atoms with van der Waals surface area (Å²) in [6.07, 6.45) is 3.79. The van der Waals surface area contributed by atoms with Crippen LogP contribution in [-0.2, 0) is 11.3 Å². The number of carbonyl (C=O) groups is 1. The van der Waals surface area contributed by atoms with Crippen molar-refractivity contribution in [1.82, 2.24) is 9.88 Å². The standard InChI is InChI=1S/C18H19N3OS/c1-15(23-17-8-3-2-4-9-17)18(22)21(12-6-10-19)14-16-7-5-11-20-13-16/h2-5,7-9,11,13,15H,6,12,14H2,1H3/t15-/m0/s1. The second-order valence-corrected chi connectivity index (χ2v) is 6.52. The number of aromatic nitrogens is 1. The summed E-state index contributed by atoms with van der Waals surface area (Å²) in [6.45, 7) is 2.82. The number of rotatable bonds is 7. The van der Waals surface area contributed by atoms with Crippen molar-refractivity contribution in [3.63, 3.8) is 0 Å². The minimum atomic E-state index is -0.201. The van der Waals surface area contributed by atoms with Gasteiger partial charge in [-0.25, -0.2) is 0 Å². The van der Waals surface area contributed by atoms with E-state index in [1.54, 1.807) is 17.3 Å². The predicted molar refractivity (Wildman–Crippen MR) is 91.6 cm³/mol. The van der Waals surface area contributed by atoms with Crippen molar-refractivity contribution in [3.8, 4) is 6.07 Å². The molecule has 0 radical (unpaired) electrons. The first-order valence-electron chi connectivity index (χ1n) is 7.47. The minimum Gasteiger partial charge on any atom is -0.336 e. The van der Waals surface area contributed by atoms with E-state index in [2.05, 4.69) is 11.1 Å². The van der Waals surface area contributed by atoms with Gasteiger partial charge in [0, 0.05) is 30.4 Å². The van der Waals surface area contributed by atoms with E-state index in [1.165, 1.54) is 11.8 Å². The molecule has 0 bridgehead atoms. The van der Waals surface area contributed by atoms with Crippen molar-refractivity contribution in [2.24, 2.45) is 0 Å². The smallest absolute Gasteiger partial charge is 0.236 e. The van der Waals surface area contributed by atoms with E-state index in [9.17, 15) is 4.79 Å². The molecule has 5 heteroatoms. The topological polar surface area (TPSA) is 57.0 Å². The lowest BCUT2D eigenvalue weighted by Gasteiger charge is -2.25. The summed E-state index contributed by atoms with van der Waals surface area (Å²) in [5, 5.41) is 8.63. The summed E-state index contributed by atoms with van der Waals surface area (Å²) in [5.74, 6) is 0.0398. The SMILES string of the molecule is C[C@H](Sc1ccccc1)C(=O)N(CCC#N)Cc1cccnc1. The Morgan fingerprint density at radius 1 is 1.30 bits per heavy atom. The van der Waals surface area contributed by atoms with E-state index in [1.807, 2.05) is 49.4 Å². The molecule has 1 aromatic heterocycles. The fourth-order valence-electron chi connectivity index (χ4n) is 2.17. The summed E-state index contributed by atoms with van der Waals surface area (Å²) in [7, 11) is 0. The van der Waals surface area contributed by atoms with E-state index < -0.39 is 0 Å². The van der Waals surface area contributed by atoms with Crippen LogP contribution < -0.4 is 0 Å². The van der Waals surface area contributed by atoms with Gasteiger partial charge < -0.3 is 4.90 Å². The van der Waals surface area contributed by atoms with Crippen molar-refractivity contribution in [1.29, 1.82) is 5.26 Å². The highest BCUT2D eigenvalue weighted by Crippen LogP contribution is 2.24. The van der Waals surface area contributed by atoms with E-state index in [0.29, 0.717) is 19.5 Å². The van der Waals surface area contributed by atoms with Crippen LogP contribution in [0.5, 0.6) is 0 Å². The van der Waals surface area contributed by atoms with Gasteiger partial charge in [-0.05, 0) is 30.7 Å². The van der Waals surface area contributed by atoms with Gasteiger partial charge >= 0.3 is 0 Å². The third-order valence-corrected chi connectivity index (χ3v) is 4.40. The van der Waals surface area contributed by atoms with Crippen LogP contribution in [0.2, 0.25) is 0 Å². The third kappa shape index (κ3) is 5.42. The summed E-state index contributed by atoms with van der Waals surface area (Å²) in [6, 6.07) is 15.8. The first-order chi connectivity index (χ1) is 11.2. The van der Waals surface area contributed by atoms with Crippen LogP contribution in [0.4, 0.5) is 0 Å². The fourth-order valence-corrected chi connectivity index (χ4v) is 3.15. The lowest BCUT2D eigenvalue weighted by Crippen LogP contribution is -2.36. The molecule has 2 rings (SSSR count). The molecule has 4 nitrogen and oxygen atoms in total. The van der Waals surface area contributed by atoms with Gasteiger partial charge in [0.2, 0.25) is 5.91 Å². The van der Waals surface area contributed by atoms with E-state index in [-0.39, 0.29) is 11.2 Å². The minimum absolute atomic E-state index is 0.0398. The number of nitrogens with zero attached hydrogens (tertiary/aromatic N) is 3. The Morgan fingerprint density at radius 3 is 2.74 bits per heavy atom. The lowest BCUT2D eigenvalue weighted by atomic mass is 10.2. The maximum atomic E-state index is 12.7. The molecule has 1 amide bonds. The van der Waals surface area contributed by atoms with E-state index in [0.717, 1.165) is 10.5 Å². The highest BCUT2D eigenvalue weighted by atomic mass is 32.2. The first-order valence-corrected chi connectivity index (χ1v) is 8.35. The second-order valence-electron chi connectivity index (χ2n) is 5.10. The maximum Gasteiger partial charge on any atom is 0.236 e. The number of hydrogen-bond donors (Lipinski definition) is 0. The number of carbonyl (C=O) groups excluding carboxylic acids is 1. The molecule has 0 saturated heterocycles. The van der Waals surface area contributed by atoms with Crippen molar-refractivity contribution in [3.05, 3.63) is 60.4 Å². The van der Waals surface area contributed by atoms with Crippen LogP contribution >= 0.6 is 11.8 Å². The van der Waals surface area contributed by atoms with Crippen LogP contribution in [0, 0.1) is 11.3 Å². The van der Waals surface area contributed by atoms with Crippen LogP contribution in [0.25, 0.3) is 0 Å². The Labute approximate surface area is 141 Å². The molecule has 1 heterocycles. The molecule has 0 saturated carbocycles. The Bertz CT molecular complexity index is 655. The molecule has 23 heavy (non-hydrogen) atoms. The van der Waals surface area contributed by atoms with Crippen LogP contribution in [0.15, 0.2) is 59.8 Å². The number of amides is 1. The third-order valence-electron chi connectivity index (χ3n) is 3.31. The molecular formula is C18H19N3OS. The zero-order valence-electron chi connectivity index (χ0n) is 13.1. The summed E-state index contributed by atoms with van der Waals surface area (Å²) >= 11 is 1.53. The zero-order valence-corrected chi connectivity index (χ0v) is 13.9. The quantitative estimate of drug-likeness (QED) is 0.731. The summed E-state index contributed by atoms with van der Waals surface area (Å²) in [5.41, 5.74) is 0.968. The lowest BCUT2D eigenvalue weighted by molar-refractivity contribution is -0.130. The average molecular weight is 325 g/mol. The maximum absolute atomic E-state index is 12.7. The highest BCUT2D eigenvalue weighted by molar-refractivity contribution is 8.00. The van der Waals surface area contributed by atoms with E-state index in [4.69, 9.17) is 5.26 Å². The van der Waals surface area contributed by atoms with Crippen LogP contribution in [0.3, 0.4) is 0 Å². The Hall–Kier alpha value is -2.32. The van der Waals surface area contributed by atoms with Gasteiger partial charge in [-0.15, -0.1) is 11.8 Å². The highest BCUT2D eigenvalue weighted by Gasteiger charge is 2.21. The first kappa shape index (κ1) is 17.0. The normalized spacial score (nSPS) is 11.5. The molecule has 0 unspecified atom stereocenters. The van der Waals surface area contributed by atoms with Gasteiger partial charge in [0.05, 0.1) is 17.7 Å². The Balaban J connectivity index is 2.04. The molecule has 0 spiro atoms. The summed E-state index contributed by atoms with van der Waals surface area (Å²) < 4.78 is 0. The number of nitriles is 1. The van der Waals surface area contributed by atoms with Gasteiger partial charge in [-0.2, -0.15) is 5.26 Å². The Kier molecular flexibility index (Phi) is 6.64. The molecule has 1 aromatic carbocycles. The monoisotopic (exact) mass is 325 g/mol. The van der Waals surface area contributed by atoms with Gasteiger partial charge in [0.1, 0.15) is 0 Å². The molecule has 1 atom stereocenters. The molecule has 0 N–H and O–H groups in total. The molecule has 0 aliphatic heterocycles. The van der Waals surface area contributed by atoms with Crippen LogP contribution in [-0.4, -0.2) is 27.6 Å². The van der Waals surface area contributed by atoms with Gasteiger partial charge in [0.25, 0.3) is 0 Å². The molecule has 0 aliphatic carbocycles. The van der Waals surface area contributed by atoms with Gasteiger partial charge in [0.15, 0.2) is 0 Å². The molecule has 0 aliphatic rings.